The van der Waals surface area contributed by atoms with Crippen molar-refractivity contribution in [3.05, 3.63) is 77.4 Å². The van der Waals surface area contributed by atoms with Crippen molar-refractivity contribution in [1.82, 2.24) is 0 Å². The van der Waals surface area contributed by atoms with Crippen molar-refractivity contribution in [2.75, 3.05) is 38.0 Å². The first-order valence-corrected chi connectivity index (χ1v) is 11.9. The molecule has 0 bridgehead atoms. The lowest BCUT2D eigenvalue weighted by molar-refractivity contribution is 0.0601. The maximum absolute atomic E-state index is 12.9. The Morgan fingerprint density at radius 1 is 0.857 bits per heavy atom. The summed E-state index contributed by atoms with van der Waals surface area (Å²) in [5.41, 5.74) is 1.83. The van der Waals surface area contributed by atoms with Crippen LogP contribution < -0.4 is 19.1 Å². The quantitative estimate of drug-likeness (QED) is 0.469. The first-order chi connectivity index (χ1) is 16.6. The molecule has 1 N–H and O–H groups in total. The Hall–Kier alpha value is -4.05. The van der Waals surface area contributed by atoms with Crippen molar-refractivity contribution in [3.63, 3.8) is 0 Å². The number of nitrogens with one attached hydrogen (secondary N) is 1. The van der Waals surface area contributed by atoms with Gasteiger partial charge in [-0.25, -0.2) is 13.2 Å². The smallest absolute Gasteiger partial charge is 0.340 e. The zero-order valence-corrected chi connectivity index (χ0v) is 20.8. The van der Waals surface area contributed by atoms with Crippen LogP contribution >= 0.6 is 0 Å². The predicted octanol–water partition coefficient (Wildman–Crippen LogP) is 3.88. The van der Waals surface area contributed by atoms with Crippen LogP contribution in [0.5, 0.6) is 11.5 Å². The van der Waals surface area contributed by atoms with Gasteiger partial charge in [-0.1, -0.05) is 17.7 Å². The maximum Gasteiger partial charge on any atom is 0.340 e. The van der Waals surface area contributed by atoms with Gasteiger partial charge >= 0.3 is 5.97 Å². The normalized spacial score (nSPS) is 10.9. The number of rotatable bonds is 8. The van der Waals surface area contributed by atoms with E-state index in [1.54, 1.807) is 24.3 Å². The van der Waals surface area contributed by atoms with Gasteiger partial charge in [0.25, 0.3) is 15.9 Å². The van der Waals surface area contributed by atoms with Crippen LogP contribution in [0, 0.1) is 6.92 Å². The molecule has 35 heavy (non-hydrogen) atoms. The lowest BCUT2D eigenvalue weighted by Gasteiger charge is -2.20. The van der Waals surface area contributed by atoms with Crippen molar-refractivity contribution in [2.45, 2.75) is 11.8 Å². The van der Waals surface area contributed by atoms with Crippen molar-refractivity contribution in [3.8, 4) is 11.5 Å². The van der Waals surface area contributed by atoms with Crippen molar-refractivity contribution in [2.24, 2.45) is 0 Å². The predicted molar refractivity (Wildman–Crippen MR) is 132 cm³/mol. The molecular weight excluding hydrogens is 472 g/mol. The summed E-state index contributed by atoms with van der Waals surface area (Å²) in [5.74, 6) is -0.570. The molecule has 0 spiro atoms. The highest BCUT2D eigenvalue weighted by atomic mass is 32.2. The van der Waals surface area contributed by atoms with E-state index in [0.717, 1.165) is 9.87 Å². The summed E-state index contributed by atoms with van der Waals surface area (Å²) in [5, 5.41) is 2.67. The molecule has 0 aliphatic heterocycles. The van der Waals surface area contributed by atoms with Gasteiger partial charge in [0, 0.05) is 24.7 Å². The van der Waals surface area contributed by atoms with Gasteiger partial charge in [-0.05, 0) is 43.3 Å². The molecular formula is C25H26N2O7S. The molecule has 0 aromatic heterocycles. The Labute approximate surface area is 204 Å². The van der Waals surface area contributed by atoms with E-state index in [-0.39, 0.29) is 21.7 Å². The lowest BCUT2D eigenvalue weighted by Crippen LogP contribution is -2.26. The number of carbonyl (C=O) groups excluding carboxylic acids is 2. The van der Waals surface area contributed by atoms with Crippen LogP contribution in [0.4, 0.5) is 11.4 Å². The average Bonchev–Trinajstić information content (AvgIpc) is 2.87. The van der Waals surface area contributed by atoms with Gasteiger partial charge in [0.15, 0.2) is 11.5 Å². The topological polar surface area (TPSA) is 111 Å². The summed E-state index contributed by atoms with van der Waals surface area (Å²) in [6, 6.07) is 15.4. The summed E-state index contributed by atoms with van der Waals surface area (Å²) in [4.78, 5) is 25.3. The van der Waals surface area contributed by atoms with Crippen molar-refractivity contribution >= 4 is 33.3 Å². The fraction of sp³-hybridized carbons (Fsp3) is 0.200. The second kappa shape index (κ2) is 10.5. The Morgan fingerprint density at radius 3 is 1.97 bits per heavy atom. The number of amides is 1. The molecule has 0 aliphatic carbocycles. The largest absolute Gasteiger partial charge is 0.493 e. The monoisotopic (exact) mass is 498 g/mol. The van der Waals surface area contributed by atoms with Gasteiger partial charge in [-0.15, -0.1) is 0 Å². The third kappa shape index (κ3) is 5.38. The summed E-state index contributed by atoms with van der Waals surface area (Å²) < 4.78 is 42.3. The summed E-state index contributed by atoms with van der Waals surface area (Å²) in [7, 11) is 1.76. The molecule has 0 saturated carbocycles. The number of anilines is 2. The minimum absolute atomic E-state index is 0.0824. The molecule has 10 heteroatoms. The van der Waals surface area contributed by atoms with E-state index >= 15 is 0 Å². The lowest BCUT2D eigenvalue weighted by atomic mass is 10.1. The van der Waals surface area contributed by atoms with Crippen molar-refractivity contribution in [1.29, 1.82) is 0 Å². The molecule has 0 heterocycles. The molecule has 0 unspecified atom stereocenters. The van der Waals surface area contributed by atoms with Crippen LogP contribution in [0.3, 0.4) is 0 Å². The second-order valence-electron chi connectivity index (χ2n) is 7.53. The van der Waals surface area contributed by atoms with Gasteiger partial charge in [0.2, 0.25) is 0 Å². The van der Waals surface area contributed by atoms with E-state index in [1.165, 1.54) is 64.8 Å². The number of benzene rings is 3. The number of aryl methyl sites for hydroxylation is 1. The number of esters is 1. The Balaban J connectivity index is 1.86. The Bertz CT molecular complexity index is 1340. The van der Waals surface area contributed by atoms with Crippen molar-refractivity contribution < 1.29 is 32.2 Å². The van der Waals surface area contributed by atoms with Crippen LogP contribution in [0.1, 0.15) is 26.3 Å². The molecule has 0 fully saturated rings. The van der Waals surface area contributed by atoms with E-state index < -0.39 is 21.9 Å². The molecule has 0 aliphatic rings. The molecule has 9 nitrogen and oxygen atoms in total. The fourth-order valence-corrected chi connectivity index (χ4v) is 4.48. The number of hydrogen-bond acceptors (Lipinski definition) is 7. The first kappa shape index (κ1) is 25.6. The number of ether oxygens (including phenoxy) is 3. The van der Waals surface area contributed by atoms with Gasteiger partial charge < -0.3 is 19.5 Å². The minimum Gasteiger partial charge on any atom is -0.493 e. The zero-order chi connectivity index (χ0) is 25.8. The third-order valence-corrected chi connectivity index (χ3v) is 7.15. The van der Waals surface area contributed by atoms with E-state index in [9.17, 15) is 18.0 Å². The van der Waals surface area contributed by atoms with E-state index in [4.69, 9.17) is 14.2 Å². The van der Waals surface area contributed by atoms with E-state index in [1.807, 2.05) is 6.92 Å². The summed E-state index contributed by atoms with van der Waals surface area (Å²) >= 11 is 0. The first-order valence-electron chi connectivity index (χ1n) is 10.4. The SMILES string of the molecule is COC(=O)c1cc(OC)c(OC)cc1NC(=O)c1ccc(N(C)S(=O)(=O)c2ccc(C)cc2)cc1. The molecule has 3 aromatic carbocycles. The number of nitrogens with zero attached hydrogens (tertiary/aromatic N) is 1. The number of carbonyl (C=O) groups is 2. The third-order valence-electron chi connectivity index (χ3n) is 5.35. The molecule has 0 radical (unpaired) electrons. The molecule has 3 aromatic rings. The minimum atomic E-state index is -3.77. The molecule has 184 valence electrons. The molecule has 1 amide bonds. The number of hydrogen-bond donors (Lipinski definition) is 1. The fourth-order valence-electron chi connectivity index (χ4n) is 3.29. The maximum atomic E-state index is 12.9. The van der Waals surface area contributed by atoms with Crippen LogP contribution in [0.15, 0.2) is 65.6 Å². The van der Waals surface area contributed by atoms with Gasteiger partial charge in [-0.2, -0.15) is 0 Å². The number of sulfonamides is 1. The average molecular weight is 499 g/mol. The van der Waals surface area contributed by atoms with Gasteiger partial charge in [0.1, 0.15) is 0 Å². The van der Waals surface area contributed by atoms with Gasteiger partial charge in [-0.3, -0.25) is 9.10 Å². The molecule has 0 atom stereocenters. The van der Waals surface area contributed by atoms with Crippen LogP contribution in [-0.4, -0.2) is 48.7 Å². The van der Waals surface area contributed by atoms with Crippen LogP contribution in [0.25, 0.3) is 0 Å². The molecule has 0 saturated heterocycles. The Kier molecular flexibility index (Phi) is 7.65. The summed E-state index contributed by atoms with van der Waals surface area (Å²) in [6.45, 7) is 1.88. The number of methoxy groups -OCH3 is 3. The van der Waals surface area contributed by atoms with E-state index in [0.29, 0.717) is 17.2 Å². The van der Waals surface area contributed by atoms with Crippen LogP contribution in [-0.2, 0) is 14.8 Å². The van der Waals surface area contributed by atoms with E-state index in [2.05, 4.69) is 5.32 Å². The zero-order valence-electron chi connectivity index (χ0n) is 20.0. The van der Waals surface area contributed by atoms with Gasteiger partial charge in [0.05, 0.1) is 43.2 Å². The van der Waals surface area contributed by atoms with Crippen LogP contribution in [0.2, 0.25) is 0 Å². The standard InChI is InChI=1S/C25H26N2O7S/c1-16-6-12-19(13-7-16)35(30,31)27(2)18-10-8-17(9-11-18)24(28)26-21-15-23(33-4)22(32-3)14-20(21)25(29)34-5/h6-15H,1-5H3,(H,26,28). The molecule has 3 rings (SSSR count). The highest BCUT2D eigenvalue weighted by Gasteiger charge is 2.22. The highest BCUT2D eigenvalue weighted by Crippen LogP contribution is 2.34. The Morgan fingerprint density at radius 2 is 1.43 bits per heavy atom. The highest BCUT2D eigenvalue weighted by molar-refractivity contribution is 7.92. The summed E-state index contributed by atoms with van der Waals surface area (Å²) in [6.07, 6.45) is 0. The second-order valence-corrected chi connectivity index (χ2v) is 9.50.